The van der Waals surface area contributed by atoms with Crippen LogP contribution in [-0.4, -0.2) is 48.8 Å². The van der Waals surface area contributed by atoms with E-state index in [0.717, 1.165) is 31.0 Å². The molecule has 0 spiro atoms. The first kappa shape index (κ1) is 21.6. The van der Waals surface area contributed by atoms with Crippen LogP contribution in [0.1, 0.15) is 30.9 Å². The third-order valence-electron chi connectivity index (χ3n) is 4.95. The van der Waals surface area contributed by atoms with Gasteiger partial charge >= 0.3 is 0 Å². The van der Waals surface area contributed by atoms with Crippen LogP contribution in [-0.2, 0) is 12.1 Å². The van der Waals surface area contributed by atoms with Gasteiger partial charge in [-0.25, -0.2) is 4.99 Å². The summed E-state index contributed by atoms with van der Waals surface area (Å²) in [5, 5.41) is 17.2. The summed E-state index contributed by atoms with van der Waals surface area (Å²) in [5.74, 6) is 4.40. The van der Waals surface area contributed by atoms with E-state index < -0.39 is 5.60 Å². The van der Waals surface area contributed by atoms with Crippen LogP contribution in [0.5, 0.6) is 0 Å². The normalized spacial score (nSPS) is 17.1. The van der Waals surface area contributed by atoms with Crippen molar-refractivity contribution in [1.82, 2.24) is 10.6 Å². The first-order chi connectivity index (χ1) is 14.0. The number of rotatable bonds is 7. The lowest BCUT2D eigenvalue weighted by atomic mass is 10.0. The van der Waals surface area contributed by atoms with Crippen LogP contribution in [0.4, 0.5) is 5.69 Å². The molecule has 2 heterocycles. The van der Waals surface area contributed by atoms with E-state index in [-0.39, 0.29) is 0 Å². The highest BCUT2D eigenvalue weighted by molar-refractivity contribution is 7.99. The van der Waals surface area contributed by atoms with Gasteiger partial charge in [0.2, 0.25) is 0 Å². The Kier molecular flexibility index (Phi) is 7.50. The second kappa shape index (κ2) is 10.1. The Morgan fingerprint density at radius 1 is 1.17 bits per heavy atom. The van der Waals surface area contributed by atoms with E-state index in [4.69, 9.17) is 4.42 Å². The SMILES string of the molecule is CCNC(=NCc1ccc(N2CCSCC2)cc1)NCC(C)(O)c1ccc(C)o1. The molecule has 1 saturated heterocycles. The molecule has 158 valence electrons. The van der Waals surface area contributed by atoms with E-state index in [1.807, 2.05) is 37.7 Å². The molecule has 1 fully saturated rings. The number of hydrogen-bond donors (Lipinski definition) is 3. The molecular weight excluding hydrogens is 384 g/mol. The van der Waals surface area contributed by atoms with Gasteiger partial charge in [-0.05, 0) is 50.6 Å². The van der Waals surface area contributed by atoms with Crippen molar-refractivity contribution in [2.75, 3.05) is 42.6 Å². The lowest BCUT2D eigenvalue weighted by Crippen LogP contribution is -2.44. The predicted molar refractivity (Wildman–Crippen MR) is 122 cm³/mol. The fraction of sp³-hybridized carbons (Fsp3) is 0.500. The van der Waals surface area contributed by atoms with Crippen LogP contribution in [0.3, 0.4) is 0 Å². The van der Waals surface area contributed by atoms with Gasteiger partial charge in [0, 0.05) is 36.8 Å². The number of anilines is 1. The van der Waals surface area contributed by atoms with Crippen molar-refractivity contribution in [3.63, 3.8) is 0 Å². The predicted octanol–water partition coefficient (Wildman–Crippen LogP) is 3.10. The molecular formula is C22H32N4O2S. The first-order valence-corrected chi connectivity index (χ1v) is 11.4. The highest BCUT2D eigenvalue weighted by atomic mass is 32.2. The number of guanidine groups is 1. The van der Waals surface area contributed by atoms with Gasteiger partial charge in [0.1, 0.15) is 17.1 Å². The van der Waals surface area contributed by atoms with Crippen LogP contribution in [0.15, 0.2) is 45.8 Å². The van der Waals surface area contributed by atoms with Gasteiger partial charge in [-0.3, -0.25) is 0 Å². The second-order valence-corrected chi connectivity index (χ2v) is 8.72. The second-order valence-electron chi connectivity index (χ2n) is 7.50. The maximum Gasteiger partial charge on any atom is 0.191 e. The molecule has 0 saturated carbocycles. The monoisotopic (exact) mass is 416 g/mol. The van der Waals surface area contributed by atoms with Crippen LogP contribution < -0.4 is 15.5 Å². The Hall–Kier alpha value is -2.12. The maximum atomic E-state index is 10.7. The molecule has 2 aromatic rings. The van der Waals surface area contributed by atoms with Crippen molar-refractivity contribution in [3.8, 4) is 0 Å². The summed E-state index contributed by atoms with van der Waals surface area (Å²) < 4.78 is 5.58. The zero-order valence-corrected chi connectivity index (χ0v) is 18.4. The molecule has 29 heavy (non-hydrogen) atoms. The Bertz CT molecular complexity index is 795. The number of aliphatic imine (C=N–C) groups is 1. The molecule has 0 amide bonds. The molecule has 0 radical (unpaired) electrons. The quantitative estimate of drug-likeness (QED) is 0.476. The minimum Gasteiger partial charge on any atom is -0.463 e. The summed E-state index contributed by atoms with van der Waals surface area (Å²) in [6, 6.07) is 12.3. The molecule has 1 aliphatic rings. The summed E-state index contributed by atoms with van der Waals surface area (Å²) in [5.41, 5.74) is 1.33. The van der Waals surface area contributed by atoms with E-state index in [0.29, 0.717) is 24.8 Å². The maximum absolute atomic E-state index is 10.7. The van der Waals surface area contributed by atoms with Gasteiger partial charge in [-0.15, -0.1) is 0 Å². The fourth-order valence-corrected chi connectivity index (χ4v) is 4.12. The Morgan fingerprint density at radius 2 is 1.90 bits per heavy atom. The highest BCUT2D eigenvalue weighted by Crippen LogP contribution is 2.22. The fourth-order valence-electron chi connectivity index (χ4n) is 3.21. The number of nitrogens with zero attached hydrogens (tertiary/aromatic N) is 2. The Morgan fingerprint density at radius 3 is 2.52 bits per heavy atom. The van der Waals surface area contributed by atoms with E-state index in [1.54, 1.807) is 6.92 Å². The summed E-state index contributed by atoms with van der Waals surface area (Å²) in [7, 11) is 0. The number of nitrogens with one attached hydrogen (secondary N) is 2. The summed E-state index contributed by atoms with van der Waals surface area (Å²) in [6.07, 6.45) is 0. The number of aryl methyl sites for hydroxylation is 1. The van der Waals surface area contributed by atoms with Crippen molar-refractivity contribution >= 4 is 23.4 Å². The smallest absolute Gasteiger partial charge is 0.191 e. The zero-order chi connectivity index (χ0) is 20.7. The molecule has 7 heteroatoms. The van der Waals surface area contributed by atoms with Crippen molar-refractivity contribution in [1.29, 1.82) is 0 Å². The number of furan rings is 1. The third kappa shape index (κ3) is 6.18. The third-order valence-corrected chi connectivity index (χ3v) is 5.89. The largest absolute Gasteiger partial charge is 0.463 e. The minimum absolute atomic E-state index is 0.303. The van der Waals surface area contributed by atoms with E-state index >= 15 is 0 Å². The van der Waals surface area contributed by atoms with Gasteiger partial charge in [-0.2, -0.15) is 11.8 Å². The Labute approximate surface area is 177 Å². The summed E-state index contributed by atoms with van der Waals surface area (Å²) >= 11 is 2.02. The molecule has 0 aliphatic carbocycles. The molecule has 3 N–H and O–H groups in total. The summed E-state index contributed by atoms with van der Waals surface area (Å²) in [6.45, 7) is 9.49. The van der Waals surface area contributed by atoms with Crippen molar-refractivity contribution in [2.24, 2.45) is 4.99 Å². The standard InChI is InChI=1S/C22H32N4O2S/c1-4-23-21(25-16-22(3,27)20-10-5-17(2)28-20)24-15-18-6-8-19(9-7-18)26-11-13-29-14-12-26/h5-10,27H,4,11-16H2,1-3H3,(H2,23,24,25). The molecule has 3 rings (SSSR count). The highest BCUT2D eigenvalue weighted by Gasteiger charge is 2.27. The van der Waals surface area contributed by atoms with Crippen LogP contribution in [0.25, 0.3) is 0 Å². The lowest BCUT2D eigenvalue weighted by Gasteiger charge is -2.28. The van der Waals surface area contributed by atoms with Gasteiger partial charge in [-0.1, -0.05) is 12.1 Å². The molecule has 6 nitrogen and oxygen atoms in total. The van der Waals surface area contributed by atoms with Gasteiger partial charge in [0.15, 0.2) is 5.96 Å². The van der Waals surface area contributed by atoms with Crippen molar-refractivity contribution in [2.45, 2.75) is 32.9 Å². The zero-order valence-electron chi connectivity index (χ0n) is 17.6. The van der Waals surface area contributed by atoms with E-state index in [9.17, 15) is 5.11 Å². The molecule has 1 aromatic heterocycles. The van der Waals surface area contributed by atoms with Gasteiger partial charge in [0.25, 0.3) is 0 Å². The number of hydrogen-bond acceptors (Lipinski definition) is 5. The molecule has 1 unspecified atom stereocenters. The topological polar surface area (TPSA) is 73.0 Å². The first-order valence-electron chi connectivity index (χ1n) is 10.2. The average Bonchev–Trinajstić information content (AvgIpc) is 3.18. The average molecular weight is 417 g/mol. The lowest BCUT2D eigenvalue weighted by molar-refractivity contribution is 0.0378. The van der Waals surface area contributed by atoms with Crippen molar-refractivity contribution < 1.29 is 9.52 Å². The number of aliphatic hydroxyl groups is 1. The Balaban J connectivity index is 1.58. The van der Waals surface area contributed by atoms with Gasteiger partial charge < -0.3 is 25.1 Å². The van der Waals surface area contributed by atoms with E-state index in [1.165, 1.54) is 17.2 Å². The number of benzene rings is 1. The summed E-state index contributed by atoms with van der Waals surface area (Å²) in [4.78, 5) is 7.10. The number of thioether (sulfide) groups is 1. The van der Waals surface area contributed by atoms with Crippen LogP contribution in [0.2, 0.25) is 0 Å². The molecule has 0 bridgehead atoms. The van der Waals surface area contributed by atoms with Gasteiger partial charge in [0.05, 0.1) is 13.1 Å². The molecule has 1 aliphatic heterocycles. The van der Waals surface area contributed by atoms with Crippen molar-refractivity contribution in [3.05, 3.63) is 53.5 Å². The molecule has 1 atom stereocenters. The van der Waals surface area contributed by atoms with E-state index in [2.05, 4.69) is 44.8 Å². The van der Waals surface area contributed by atoms with Crippen LogP contribution >= 0.6 is 11.8 Å². The minimum atomic E-state index is -1.11. The molecule has 1 aromatic carbocycles. The van der Waals surface area contributed by atoms with Crippen LogP contribution in [0, 0.1) is 6.92 Å².